The molecule has 1 aliphatic heterocycles. The number of alkyl halides is 2. The smallest absolute Gasteiger partial charge is 0.387 e. The number of aromatic nitrogens is 1. The Kier molecular flexibility index (Phi) is 11.4. The zero-order chi connectivity index (χ0) is 22.8. The molecule has 10 heteroatoms. The second-order valence-corrected chi connectivity index (χ2v) is 7.52. The van der Waals surface area contributed by atoms with E-state index in [1.54, 1.807) is 25.4 Å². The zero-order valence-electron chi connectivity index (χ0n) is 19.0. The van der Waals surface area contributed by atoms with Gasteiger partial charge >= 0.3 is 6.61 Å². The highest BCUT2D eigenvalue weighted by molar-refractivity contribution is 14.0. The maximum absolute atomic E-state index is 12.9. The number of benzene rings is 1. The number of hydrogen-bond donors (Lipinski definition) is 2. The van der Waals surface area contributed by atoms with Crippen molar-refractivity contribution in [2.24, 2.45) is 4.99 Å². The number of guanidine groups is 1. The molecule has 0 bridgehead atoms. The van der Waals surface area contributed by atoms with E-state index in [0.717, 1.165) is 38.2 Å². The third-order valence-corrected chi connectivity index (χ3v) is 5.21. The van der Waals surface area contributed by atoms with Gasteiger partial charge in [0.1, 0.15) is 17.3 Å². The topological polar surface area (TPSA) is 71.0 Å². The fourth-order valence-electron chi connectivity index (χ4n) is 3.56. The van der Waals surface area contributed by atoms with E-state index in [-0.39, 0.29) is 35.8 Å². The van der Waals surface area contributed by atoms with Gasteiger partial charge in [-0.1, -0.05) is 13.0 Å². The minimum absolute atomic E-state index is 0. The molecule has 0 saturated carbocycles. The molecule has 0 radical (unpaired) electrons. The summed E-state index contributed by atoms with van der Waals surface area (Å²) >= 11 is 0. The van der Waals surface area contributed by atoms with E-state index in [0.29, 0.717) is 30.4 Å². The summed E-state index contributed by atoms with van der Waals surface area (Å²) in [6.07, 6.45) is 4.53. The predicted octanol–water partition coefficient (Wildman–Crippen LogP) is 4.42. The summed E-state index contributed by atoms with van der Waals surface area (Å²) in [5.41, 5.74) is 0.599. The van der Waals surface area contributed by atoms with Crippen molar-refractivity contribution in [3.8, 4) is 11.5 Å². The predicted molar refractivity (Wildman–Crippen MR) is 137 cm³/mol. The molecule has 1 saturated heterocycles. The van der Waals surface area contributed by atoms with Crippen molar-refractivity contribution >= 4 is 35.8 Å². The fraction of sp³-hybridized carbons (Fsp3) is 0.478. The van der Waals surface area contributed by atoms with Crippen molar-refractivity contribution < 1.29 is 18.3 Å². The number of rotatable bonds is 9. The number of nitrogens with zero attached hydrogens (tertiary/aromatic N) is 3. The second-order valence-electron chi connectivity index (χ2n) is 7.52. The molecule has 0 spiro atoms. The molecule has 33 heavy (non-hydrogen) atoms. The molecule has 1 aromatic heterocycles. The van der Waals surface area contributed by atoms with Crippen molar-refractivity contribution in [3.05, 3.63) is 48.2 Å². The molecule has 0 amide bonds. The van der Waals surface area contributed by atoms with Gasteiger partial charge in [0.25, 0.3) is 0 Å². The van der Waals surface area contributed by atoms with Crippen LogP contribution in [0.2, 0.25) is 0 Å². The minimum atomic E-state index is -2.91. The van der Waals surface area contributed by atoms with E-state index in [1.807, 2.05) is 25.1 Å². The summed E-state index contributed by atoms with van der Waals surface area (Å²) in [5.74, 6) is 2.22. The van der Waals surface area contributed by atoms with Gasteiger partial charge in [-0.05, 0) is 43.5 Å². The molecule has 3 rings (SSSR count). The number of nitrogens with one attached hydrogen (secondary N) is 2. The molecule has 2 heterocycles. The molecule has 0 unspecified atom stereocenters. The maximum atomic E-state index is 12.9. The van der Waals surface area contributed by atoms with Crippen molar-refractivity contribution in [3.63, 3.8) is 0 Å². The molecule has 182 valence electrons. The Morgan fingerprint density at radius 3 is 2.67 bits per heavy atom. The van der Waals surface area contributed by atoms with Gasteiger partial charge in [-0.15, -0.1) is 24.0 Å². The van der Waals surface area contributed by atoms with Gasteiger partial charge in [0.05, 0.1) is 6.61 Å². The molecule has 7 nitrogen and oxygen atoms in total. The third kappa shape index (κ3) is 8.49. The highest BCUT2D eigenvalue weighted by Gasteiger charge is 2.21. The summed E-state index contributed by atoms with van der Waals surface area (Å²) in [6, 6.07) is 11.2. The molecule has 1 aromatic carbocycles. The Balaban J connectivity index is 0.00000385. The largest absolute Gasteiger partial charge is 0.493 e. The first kappa shape index (κ1) is 26.9. The average molecular weight is 575 g/mol. The van der Waals surface area contributed by atoms with Crippen LogP contribution in [0, 0.1) is 0 Å². The van der Waals surface area contributed by atoms with Crippen LogP contribution in [0.4, 0.5) is 14.6 Å². The Morgan fingerprint density at radius 1 is 1.24 bits per heavy atom. The molecule has 0 atom stereocenters. The van der Waals surface area contributed by atoms with Crippen LogP contribution in [0.1, 0.15) is 31.7 Å². The van der Waals surface area contributed by atoms with Crippen LogP contribution >= 0.6 is 24.0 Å². The molecule has 2 N–H and O–H groups in total. The average Bonchev–Trinajstić information content (AvgIpc) is 2.82. The molecule has 0 aliphatic carbocycles. The summed E-state index contributed by atoms with van der Waals surface area (Å²) in [4.78, 5) is 11.0. The van der Waals surface area contributed by atoms with Crippen molar-refractivity contribution in [1.82, 2.24) is 15.6 Å². The first-order chi connectivity index (χ1) is 15.6. The van der Waals surface area contributed by atoms with Crippen molar-refractivity contribution in [2.45, 2.75) is 45.4 Å². The Hall–Kier alpha value is -2.37. The number of piperidine rings is 1. The molecule has 2 aromatic rings. The van der Waals surface area contributed by atoms with E-state index in [1.165, 1.54) is 6.07 Å². The molecular weight excluding hydrogens is 543 g/mol. The van der Waals surface area contributed by atoms with Crippen LogP contribution in [-0.2, 0) is 6.54 Å². The van der Waals surface area contributed by atoms with Gasteiger partial charge in [0.15, 0.2) is 5.96 Å². The normalized spacial score (nSPS) is 14.6. The quantitative estimate of drug-likeness (QED) is 0.262. The lowest BCUT2D eigenvalue weighted by molar-refractivity contribution is -0.0505. The molecule has 1 fully saturated rings. The van der Waals surface area contributed by atoms with Crippen LogP contribution in [0.5, 0.6) is 11.5 Å². The number of halogens is 3. The van der Waals surface area contributed by atoms with E-state index < -0.39 is 6.61 Å². The Labute approximate surface area is 211 Å². The van der Waals surface area contributed by atoms with Gasteiger partial charge in [0, 0.05) is 50.6 Å². The highest BCUT2D eigenvalue weighted by Crippen LogP contribution is 2.27. The number of anilines is 1. The molecular formula is C23H32F2IN5O2. The summed E-state index contributed by atoms with van der Waals surface area (Å²) in [7, 11) is 1.69. The highest BCUT2D eigenvalue weighted by atomic mass is 127. The van der Waals surface area contributed by atoms with E-state index in [9.17, 15) is 8.78 Å². The lowest BCUT2D eigenvalue weighted by Gasteiger charge is -2.33. The fourth-order valence-corrected chi connectivity index (χ4v) is 3.56. The first-order valence-electron chi connectivity index (χ1n) is 10.9. The summed E-state index contributed by atoms with van der Waals surface area (Å²) in [6.45, 7) is 1.69. The van der Waals surface area contributed by atoms with Gasteiger partial charge in [-0.25, -0.2) is 4.98 Å². The number of hydrogen-bond acceptors (Lipinski definition) is 5. The van der Waals surface area contributed by atoms with Gasteiger partial charge in [0.2, 0.25) is 0 Å². The molecule has 1 aliphatic rings. The lowest BCUT2D eigenvalue weighted by Crippen LogP contribution is -2.48. The van der Waals surface area contributed by atoms with E-state index in [4.69, 9.17) is 9.47 Å². The van der Waals surface area contributed by atoms with Gasteiger partial charge in [-0.2, -0.15) is 8.78 Å². The maximum Gasteiger partial charge on any atom is 0.387 e. The first-order valence-corrected chi connectivity index (χ1v) is 10.9. The SMILES string of the molecule is CCCOc1ccc(CNC(=NC)NC2CCN(c3ccccn3)CC2)c(OC(F)F)c1.I. The van der Waals surface area contributed by atoms with Crippen LogP contribution in [-0.4, -0.2) is 50.3 Å². The summed E-state index contributed by atoms with van der Waals surface area (Å²) < 4.78 is 36.0. The van der Waals surface area contributed by atoms with Crippen LogP contribution in [0.25, 0.3) is 0 Å². The standard InChI is InChI=1S/C23H31F2N5O2.HI/c1-3-14-31-19-8-7-17(20(15-19)32-22(24)25)16-28-23(26-2)29-18-9-12-30(13-10-18)21-6-4-5-11-27-21;/h4-8,11,15,18,22H,3,9-10,12-14,16H2,1-2H3,(H2,26,28,29);1H. The van der Waals surface area contributed by atoms with Crippen molar-refractivity contribution in [2.75, 3.05) is 31.6 Å². The number of aliphatic imine (C=N–C) groups is 1. The number of ether oxygens (including phenoxy) is 2. The Bertz CT molecular complexity index is 865. The van der Waals surface area contributed by atoms with E-state index in [2.05, 4.69) is 25.5 Å². The van der Waals surface area contributed by atoms with Crippen LogP contribution in [0.3, 0.4) is 0 Å². The minimum Gasteiger partial charge on any atom is -0.493 e. The number of pyridine rings is 1. The van der Waals surface area contributed by atoms with Crippen LogP contribution < -0.4 is 25.0 Å². The van der Waals surface area contributed by atoms with Gasteiger partial charge in [-0.3, -0.25) is 4.99 Å². The van der Waals surface area contributed by atoms with Gasteiger partial charge < -0.3 is 25.0 Å². The lowest BCUT2D eigenvalue weighted by atomic mass is 10.1. The van der Waals surface area contributed by atoms with Crippen LogP contribution in [0.15, 0.2) is 47.6 Å². The second kappa shape index (κ2) is 14.0. The zero-order valence-corrected chi connectivity index (χ0v) is 21.3. The Morgan fingerprint density at radius 2 is 2.03 bits per heavy atom. The monoisotopic (exact) mass is 575 g/mol. The van der Waals surface area contributed by atoms with E-state index >= 15 is 0 Å². The third-order valence-electron chi connectivity index (χ3n) is 5.21. The summed E-state index contributed by atoms with van der Waals surface area (Å²) in [5, 5.41) is 6.62. The van der Waals surface area contributed by atoms with Crippen molar-refractivity contribution in [1.29, 1.82) is 0 Å².